The third kappa shape index (κ3) is 6.22. The first-order chi connectivity index (χ1) is 14.0. The highest BCUT2D eigenvalue weighted by Gasteiger charge is 2.37. The second-order valence-corrected chi connectivity index (χ2v) is 8.63. The van der Waals surface area contributed by atoms with Gasteiger partial charge >= 0.3 is 0 Å². The van der Waals surface area contributed by atoms with Gasteiger partial charge in [-0.1, -0.05) is 48.0 Å². The number of nitrogens with zero attached hydrogens (tertiary/aromatic N) is 1. The molecule has 29 heavy (non-hydrogen) atoms. The molecule has 1 amide bonds. The maximum absolute atomic E-state index is 12.3. The zero-order valence-corrected chi connectivity index (χ0v) is 18.1. The van der Waals surface area contributed by atoms with Gasteiger partial charge in [-0.3, -0.25) is 4.79 Å². The Kier molecular flexibility index (Phi) is 7.57. The monoisotopic (exact) mass is 414 g/mol. The van der Waals surface area contributed by atoms with E-state index in [4.69, 9.17) is 16.3 Å². The summed E-state index contributed by atoms with van der Waals surface area (Å²) in [7, 11) is 4.37. The highest BCUT2D eigenvalue weighted by Crippen LogP contribution is 2.36. The quantitative estimate of drug-likeness (QED) is 0.680. The minimum Gasteiger partial charge on any atom is -0.484 e. The second-order valence-electron chi connectivity index (χ2n) is 8.19. The van der Waals surface area contributed by atoms with E-state index in [0.717, 1.165) is 38.5 Å². The molecule has 0 spiro atoms. The molecule has 0 aliphatic heterocycles. The first-order valence-corrected chi connectivity index (χ1v) is 10.7. The zero-order valence-electron chi connectivity index (χ0n) is 17.4. The summed E-state index contributed by atoms with van der Waals surface area (Å²) in [6.07, 6.45) is 6.40. The van der Waals surface area contributed by atoms with Gasteiger partial charge in [0.2, 0.25) is 0 Å². The van der Waals surface area contributed by atoms with Crippen LogP contribution in [-0.2, 0) is 11.2 Å². The first-order valence-electron chi connectivity index (χ1n) is 10.4. The number of carbonyl (C=O) groups is 1. The molecule has 0 aromatic heterocycles. The van der Waals surface area contributed by atoms with Crippen molar-refractivity contribution in [3.63, 3.8) is 0 Å². The molecular weight excluding hydrogens is 384 g/mol. The van der Waals surface area contributed by atoms with Crippen LogP contribution in [0.1, 0.15) is 37.7 Å². The number of halogens is 1. The molecule has 0 unspecified atom stereocenters. The Balaban J connectivity index is 1.46. The summed E-state index contributed by atoms with van der Waals surface area (Å²) in [6.45, 7) is 0.0175. The molecule has 0 heterocycles. The minimum absolute atomic E-state index is 0.0175. The van der Waals surface area contributed by atoms with Gasteiger partial charge in [0.05, 0.1) is 0 Å². The molecule has 4 nitrogen and oxygen atoms in total. The molecule has 0 bridgehead atoms. The van der Waals surface area contributed by atoms with Crippen LogP contribution in [0.15, 0.2) is 54.6 Å². The summed E-state index contributed by atoms with van der Waals surface area (Å²) < 4.78 is 5.55. The van der Waals surface area contributed by atoms with Crippen LogP contribution in [-0.4, -0.2) is 43.1 Å². The van der Waals surface area contributed by atoms with Crippen LogP contribution in [0, 0.1) is 0 Å². The van der Waals surface area contributed by atoms with Crippen molar-refractivity contribution in [1.29, 1.82) is 0 Å². The Morgan fingerprint density at radius 1 is 1.14 bits per heavy atom. The lowest BCUT2D eigenvalue weighted by Gasteiger charge is -2.45. The number of hydrogen-bond donors (Lipinski definition) is 1. The number of amides is 1. The molecular formula is C24H31ClN2O2. The van der Waals surface area contributed by atoms with Crippen LogP contribution >= 0.6 is 11.6 Å². The Bertz CT molecular complexity index is 786. The summed E-state index contributed by atoms with van der Waals surface area (Å²) in [5.74, 6) is 0.542. The van der Waals surface area contributed by atoms with E-state index in [1.54, 1.807) is 18.2 Å². The molecule has 3 rings (SSSR count). The van der Waals surface area contributed by atoms with E-state index in [2.05, 4.69) is 54.6 Å². The summed E-state index contributed by atoms with van der Waals surface area (Å²) in [5, 5.41) is 3.74. The molecule has 1 saturated carbocycles. The second kappa shape index (κ2) is 10.1. The summed E-state index contributed by atoms with van der Waals surface area (Å²) in [4.78, 5) is 14.7. The van der Waals surface area contributed by atoms with Gasteiger partial charge in [-0.2, -0.15) is 0 Å². The lowest BCUT2D eigenvalue weighted by molar-refractivity contribution is -0.124. The predicted molar refractivity (Wildman–Crippen MR) is 119 cm³/mol. The van der Waals surface area contributed by atoms with Crippen LogP contribution in [0.3, 0.4) is 0 Å². The standard InChI is InChI=1S/C24H31ClN2O2/c1-27(2)24(14-11-19-7-4-3-5-8-19)15-12-21(13-16-24)26-23(28)18-29-22-10-6-9-20(25)17-22/h3-10,17,21H,11-16,18H2,1-2H3,(H,26,28). The van der Waals surface area contributed by atoms with E-state index in [-0.39, 0.29) is 24.1 Å². The number of benzene rings is 2. The normalized spacial score (nSPS) is 21.7. The molecule has 0 atom stereocenters. The van der Waals surface area contributed by atoms with Crippen molar-refractivity contribution in [2.45, 2.75) is 50.1 Å². The predicted octanol–water partition coefficient (Wildman–Crippen LogP) is 4.71. The lowest BCUT2D eigenvalue weighted by Crippen LogP contribution is -2.51. The number of carbonyl (C=O) groups excluding carboxylic acids is 1. The van der Waals surface area contributed by atoms with Crippen LogP contribution in [0.4, 0.5) is 0 Å². The topological polar surface area (TPSA) is 41.6 Å². The van der Waals surface area contributed by atoms with Crippen molar-refractivity contribution in [2.24, 2.45) is 0 Å². The van der Waals surface area contributed by atoms with Crippen LogP contribution < -0.4 is 10.1 Å². The number of nitrogens with one attached hydrogen (secondary N) is 1. The average Bonchev–Trinajstić information content (AvgIpc) is 2.73. The fourth-order valence-corrected chi connectivity index (χ4v) is 4.40. The van der Waals surface area contributed by atoms with Crippen molar-refractivity contribution >= 4 is 17.5 Å². The fraction of sp³-hybridized carbons (Fsp3) is 0.458. The Morgan fingerprint density at radius 2 is 1.86 bits per heavy atom. The van der Waals surface area contributed by atoms with E-state index in [0.29, 0.717) is 10.8 Å². The SMILES string of the molecule is CN(C)C1(CCc2ccccc2)CCC(NC(=O)COc2cccc(Cl)c2)CC1. The third-order valence-electron chi connectivity index (χ3n) is 6.12. The Morgan fingerprint density at radius 3 is 2.52 bits per heavy atom. The van der Waals surface area contributed by atoms with Crippen LogP contribution in [0.25, 0.3) is 0 Å². The highest BCUT2D eigenvalue weighted by molar-refractivity contribution is 6.30. The van der Waals surface area contributed by atoms with Crippen LogP contribution in [0.5, 0.6) is 5.75 Å². The molecule has 1 N–H and O–H groups in total. The van der Waals surface area contributed by atoms with Crippen LogP contribution in [0.2, 0.25) is 5.02 Å². The van der Waals surface area contributed by atoms with Crippen molar-refractivity contribution in [3.8, 4) is 5.75 Å². The van der Waals surface area contributed by atoms with E-state index < -0.39 is 0 Å². The Hall–Kier alpha value is -2.04. The van der Waals surface area contributed by atoms with Gasteiger partial charge in [0.15, 0.2) is 6.61 Å². The van der Waals surface area contributed by atoms with Gasteiger partial charge in [-0.25, -0.2) is 0 Å². The maximum atomic E-state index is 12.3. The van der Waals surface area contributed by atoms with Gasteiger partial charge in [-0.05, 0) is 76.4 Å². The molecule has 0 radical (unpaired) electrons. The van der Waals surface area contributed by atoms with Gasteiger partial charge in [0.25, 0.3) is 5.91 Å². The third-order valence-corrected chi connectivity index (χ3v) is 6.35. The molecule has 2 aromatic rings. The highest BCUT2D eigenvalue weighted by atomic mass is 35.5. The number of rotatable bonds is 8. The first kappa shape index (κ1) is 21.7. The Labute approximate surface area is 179 Å². The number of aryl methyl sites for hydroxylation is 1. The number of hydrogen-bond acceptors (Lipinski definition) is 3. The van der Waals surface area contributed by atoms with Crippen molar-refractivity contribution in [2.75, 3.05) is 20.7 Å². The minimum atomic E-state index is -0.0726. The molecule has 5 heteroatoms. The number of ether oxygens (including phenoxy) is 1. The van der Waals surface area contributed by atoms with Crippen molar-refractivity contribution in [1.82, 2.24) is 10.2 Å². The zero-order chi connectivity index (χ0) is 20.7. The molecule has 156 valence electrons. The van der Waals surface area contributed by atoms with Crippen molar-refractivity contribution < 1.29 is 9.53 Å². The van der Waals surface area contributed by atoms with E-state index in [1.165, 1.54) is 5.56 Å². The summed E-state index contributed by atoms with van der Waals surface area (Å²) in [6, 6.07) is 18.0. The van der Waals surface area contributed by atoms with Gasteiger partial charge in [0.1, 0.15) is 5.75 Å². The average molecular weight is 415 g/mol. The lowest BCUT2D eigenvalue weighted by atomic mass is 9.75. The van der Waals surface area contributed by atoms with E-state index >= 15 is 0 Å². The van der Waals surface area contributed by atoms with E-state index in [9.17, 15) is 4.79 Å². The van der Waals surface area contributed by atoms with Gasteiger partial charge < -0.3 is 15.0 Å². The van der Waals surface area contributed by atoms with Gasteiger partial charge in [0, 0.05) is 16.6 Å². The smallest absolute Gasteiger partial charge is 0.258 e. The molecule has 1 fully saturated rings. The largest absolute Gasteiger partial charge is 0.484 e. The van der Waals surface area contributed by atoms with E-state index in [1.807, 2.05) is 6.07 Å². The summed E-state index contributed by atoms with van der Waals surface area (Å²) in [5.41, 5.74) is 1.59. The van der Waals surface area contributed by atoms with Gasteiger partial charge in [-0.15, -0.1) is 0 Å². The molecule has 0 saturated heterocycles. The summed E-state index contributed by atoms with van der Waals surface area (Å²) >= 11 is 5.95. The molecule has 2 aromatic carbocycles. The maximum Gasteiger partial charge on any atom is 0.258 e. The molecule has 1 aliphatic rings. The fourth-order valence-electron chi connectivity index (χ4n) is 4.22. The van der Waals surface area contributed by atoms with Crippen molar-refractivity contribution in [3.05, 3.63) is 65.2 Å². The molecule has 1 aliphatic carbocycles.